The van der Waals surface area contributed by atoms with Crippen molar-refractivity contribution in [2.75, 3.05) is 19.1 Å². The number of thioether (sulfide) groups is 1. The molecule has 0 unspecified atom stereocenters. The third-order valence-electron chi connectivity index (χ3n) is 3.37. The van der Waals surface area contributed by atoms with Gasteiger partial charge < -0.3 is 15.2 Å². The van der Waals surface area contributed by atoms with Crippen LogP contribution in [0.15, 0.2) is 41.7 Å². The number of hydrogen-bond acceptors (Lipinski definition) is 8. The summed E-state index contributed by atoms with van der Waals surface area (Å²) in [6.07, 6.45) is 2.98. The predicted molar refractivity (Wildman–Crippen MR) is 93.2 cm³/mol. The average molecular weight is 375 g/mol. The fraction of sp³-hybridized carbons (Fsp3) is 0.125. The summed E-state index contributed by atoms with van der Waals surface area (Å²) in [6.45, 7) is 0. The van der Waals surface area contributed by atoms with Crippen LogP contribution in [0.1, 0.15) is 10.4 Å². The lowest BCUT2D eigenvalue weighted by Gasteiger charge is -2.07. The van der Waals surface area contributed by atoms with Crippen LogP contribution in [0.3, 0.4) is 0 Å². The van der Waals surface area contributed by atoms with Crippen LogP contribution in [0.2, 0.25) is 0 Å². The molecule has 2 aromatic heterocycles. The lowest BCUT2D eigenvalue weighted by Crippen LogP contribution is -2.09. The van der Waals surface area contributed by atoms with Gasteiger partial charge in [-0.2, -0.15) is 9.78 Å². The van der Waals surface area contributed by atoms with E-state index < -0.39 is 11.8 Å². The third-order valence-corrected chi connectivity index (χ3v) is 4.04. The Hall–Kier alpha value is -3.14. The second-order valence-electron chi connectivity index (χ2n) is 4.92. The number of carbonyl (C=O) groups is 1. The molecule has 10 heteroatoms. The highest BCUT2D eigenvalue weighted by Gasteiger charge is 2.24. The Labute approximate surface area is 152 Å². The molecule has 2 N–H and O–H groups in total. The van der Waals surface area contributed by atoms with Gasteiger partial charge in [0.2, 0.25) is 5.88 Å². The number of esters is 1. The zero-order valence-electron chi connectivity index (χ0n) is 13.8. The minimum absolute atomic E-state index is 0.0191. The number of anilines is 1. The highest BCUT2D eigenvalue weighted by Crippen LogP contribution is 2.29. The Morgan fingerprint density at radius 1 is 1.31 bits per heavy atom. The van der Waals surface area contributed by atoms with E-state index in [-0.39, 0.29) is 28.8 Å². The molecule has 2 heterocycles. The summed E-state index contributed by atoms with van der Waals surface area (Å²) in [5.74, 6) is -0.684. The summed E-state index contributed by atoms with van der Waals surface area (Å²) in [5, 5.41) is 4.66. The van der Waals surface area contributed by atoms with Gasteiger partial charge in [0.25, 0.3) is 0 Å². The summed E-state index contributed by atoms with van der Waals surface area (Å²) in [7, 11) is 1.26. The van der Waals surface area contributed by atoms with Gasteiger partial charge in [0.15, 0.2) is 17.4 Å². The van der Waals surface area contributed by atoms with Gasteiger partial charge in [0.05, 0.1) is 7.11 Å². The van der Waals surface area contributed by atoms with Gasteiger partial charge in [-0.25, -0.2) is 19.2 Å². The standard InChI is InChI=1S/C16H14FN5O3S/c1-24-16(23)13-14(18)22(21-15(13)26-2)11-7-12(20-8-19-11)25-10-6-4-3-5-9(10)17/h3-8H,18H2,1-2H3. The van der Waals surface area contributed by atoms with Gasteiger partial charge >= 0.3 is 5.97 Å². The SMILES string of the molecule is COC(=O)c1c(SC)nn(-c2cc(Oc3ccccc3F)ncn2)c1N. The Balaban J connectivity index is 2.00. The molecule has 0 saturated heterocycles. The van der Waals surface area contributed by atoms with E-state index in [1.807, 2.05) is 0 Å². The molecule has 0 radical (unpaired) electrons. The predicted octanol–water partition coefficient (Wildman–Crippen LogP) is 2.68. The number of benzene rings is 1. The summed E-state index contributed by atoms with van der Waals surface area (Å²) in [6, 6.07) is 7.37. The van der Waals surface area contributed by atoms with Crippen molar-refractivity contribution < 1.29 is 18.7 Å². The number of ether oxygens (including phenoxy) is 2. The molecule has 0 aliphatic carbocycles. The van der Waals surface area contributed by atoms with Crippen molar-refractivity contribution in [2.45, 2.75) is 5.03 Å². The smallest absolute Gasteiger partial charge is 0.344 e. The maximum absolute atomic E-state index is 13.7. The molecule has 134 valence electrons. The van der Waals surface area contributed by atoms with Crippen molar-refractivity contribution in [3.63, 3.8) is 0 Å². The first-order chi connectivity index (χ1) is 12.5. The summed E-state index contributed by atoms with van der Waals surface area (Å²) < 4.78 is 25.2. The van der Waals surface area contributed by atoms with E-state index in [1.165, 1.54) is 48.1 Å². The molecule has 0 amide bonds. The second kappa shape index (κ2) is 7.40. The van der Waals surface area contributed by atoms with E-state index in [9.17, 15) is 9.18 Å². The van der Waals surface area contributed by atoms with Crippen LogP contribution < -0.4 is 10.5 Å². The number of nitrogen functional groups attached to an aromatic ring is 1. The lowest BCUT2D eigenvalue weighted by atomic mass is 10.3. The van der Waals surface area contributed by atoms with Crippen LogP contribution in [0.5, 0.6) is 11.6 Å². The van der Waals surface area contributed by atoms with Gasteiger partial charge in [-0.15, -0.1) is 11.8 Å². The molecule has 1 aromatic carbocycles. The van der Waals surface area contributed by atoms with Crippen LogP contribution in [-0.4, -0.2) is 39.1 Å². The Kier molecular flexibility index (Phi) is 5.03. The number of methoxy groups -OCH3 is 1. The number of rotatable bonds is 5. The van der Waals surface area contributed by atoms with Gasteiger partial charge in [-0.05, 0) is 18.4 Å². The molecule has 8 nitrogen and oxygen atoms in total. The molecule has 26 heavy (non-hydrogen) atoms. The normalized spacial score (nSPS) is 10.6. The number of halogens is 1. The highest BCUT2D eigenvalue weighted by atomic mass is 32.2. The first-order valence-electron chi connectivity index (χ1n) is 7.30. The monoisotopic (exact) mass is 375 g/mol. The fourth-order valence-electron chi connectivity index (χ4n) is 2.16. The molecule has 0 aliphatic rings. The number of nitrogens with two attached hydrogens (primary N) is 1. The first-order valence-corrected chi connectivity index (χ1v) is 8.53. The van der Waals surface area contributed by atoms with Gasteiger partial charge in [0, 0.05) is 6.07 Å². The summed E-state index contributed by atoms with van der Waals surface area (Å²) in [5.41, 5.74) is 6.19. The number of aromatic nitrogens is 4. The van der Waals surface area contributed by atoms with Crippen LogP contribution in [-0.2, 0) is 4.74 Å². The molecule has 0 atom stereocenters. The van der Waals surface area contributed by atoms with E-state index >= 15 is 0 Å². The first kappa shape index (κ1) is 17.7. The van der Waals surface area contributed by atoms with Gasteiger partial charge in [-0.3, -0.25) is 0 Å². The maximum Gasteiger partial charge on any atom is 0.344 e. The van der Waals surface area contributed by atoms with Crippen LogP contribution in [0, 0.1) is 5.82 Å². The Morgan fingerprint density at radius 3 is 2.77 bits per heavy atom. The number of para-hydroxylation sites is 1. The van der Waals surface area contributed by atoms with E-state index in [2.05, 4.69) is 15.1 Å². The molecule has 0 fully saturated rings. The summed E-state index contributed by atoms with van der Waals surface area (Å²) >= 11 is 1.24. The molecule has 0 saturated carbocycles. The van der Waals surface area contributed by atoms with Crippen molar-refractivity contribution >= 4 is 23.5 Å². The quantitative estimate of drug-likeness (QED) is 0.536. The molecule has 0 bridgehead atoms. The molecule has 0 spiro atoms. The molecule has 0 aliphatic heterocycles. The largest absolute Gasteiger partial charge is 0.465 e. The van der Waals surface area contributed by atoms with Crippen molar-refractivity contribution in [1.82, 2.24) is 19.7 Å². The van der Waals surface area contributed by atoms with E-state index in [0.717, 1.165) is 0 Å². The zero-order chi connectivity index (χ0) is 18.7. The zero-order valence-corrected chi connectivity index (χ0v) is 14.7. The molecular formula is C16H14FN5O3S. The number of hydrogen-bond donors (Lipinski definition) is 1. The van der Waals surface area contributed by atoms with E-state index in [4.69, 9.17) is 15.2 Å². The minimum atomic E-state index is -0.602. The number of carbonyl (C=O) groups excluding carboxylic acids is 1. The van der Waals surface area contributed by atoms with Gasteiger partial charge in [0.1, 0.15) is 22.7 Å². The van der Waals surface area contributed by atoms with Crippen LogP contribution in [0.25, 0.3) is 5.82 Å². The minimum Gasteiger partial charge on any atom is -0.465 e. The average Bonchev–Trinajstić information content (AvgIpc) is 3.00. The van der Waals surface area contributed by atoms with Crippen molar-refractivity contribution in [2.24, 2.45) is 0 Å². The maximum atomic E-state index is 13.7. The Bertz CT molecular complexity index is 963. The molecular weight excluding hydrogens is 361 g/mol. The van der Waals surface area contributed by atoms with Crippen molar-refractivity contribution in [1.29, 1.82) is 0 Å². The second-order valence-corrected chi connectivity index (χ2v) is 5.71. The van der Waals surface area contributed by atoms with Crippen molar-refractivity contribution in [3.8, 4) is 17.4 Å². The molecule has 3 aromatic rings. The van der Waals surface area contributed by atoms with Gasteiger partial charge in [-0.1, -0.05) is 12.1 Å². The lowest BCUT2D eigenvalue weighted by molar-refractivity contribution is 0.0598. The Morgan fingerprint density at radius 2 is 2.08 bits per heavy atom. The van der Waals surface area contributed by atoms with Crippen LogP contribution >= 0.6 is 11.8 Å². The fourth-order valence-corrected chi connectivity index (χ4v) is 2.72. The van der Waals surface area contributed by atoms with Crippen molar-refractivity contribution in [3.05, 3.63) is 48.0 Å². The summed E-state index contributed by atoms with van der Waals surface area (Å²) in [4.78, 5) is 20.0. The topological polar surface area (TPSA) is 105 Å². The molecule has 3 rings (SSSR count). The van der Waals surface area contributed by atoms with E-state index in [1.54, 1.807) is 18.4 Å². The third kappa shape index (κ3) is 3.31. The number of nitrogens with zero attached hydrogens (tertiary/aromatic N) is 4. The highest BCUT2D eigenvalue weighted by molar-refractivity contribution is 7.98. The van der Waals surface area contributed by atoms with E-state index in [0.29, 0.717) is 5.03 Å². The van der Waals surface area contributed by atoms with Crippen LogP contribution in [0.4, 0.5) is 10.2 Å².